The lowest BCUT2D eigenvalue weighted by Crippen LogP contribution is -2.19. The molecular formula is C10H14F2N2. The van der Waals surface area contributed by atoms with Crippen molar-refractivity contribution < 1.29 is 8.78 Å². The van der Waals surface area contributed by atoms with Gasteiger partial charge in [0.25, 0.3) is 5.92 Å². The molecule has 0 aromatic carbocycles. The number of rotatable bonds is 3. The second kappa shape index (κ2) is 3.69. The summed E-state index contributed by atoms with van der Waals surface area (Å²) in [5.74, 6) is -2.57. The van der Waals surface area contributed by atoms with E-state index in [2.05, 4.69) is 10.3 Å². The molecule has 1 unspecified atom stereocenters. The molecule has 2 rings (SSSR count). The quantitative estimate of drug-likeness (QED) is 0.768. The zero-order chi connectivity index (χ0) is 10.0. The number of hydrogen-bond acceptors (Lipinski definition) is 1. The lowest BCUT2D eigenvalue weighted by Gasteiger charge is -2.18. The van der Waals surface area contributed by atoms with E-state index in [9.17, 15) is 8.78 Å². The minimum Gasteiger partial charge on any atom is -0.367 e. The third-order valence-corrected chi connectivity index (χ3v) is 2.73. The number of halogens is 2. The SMILES string of the molecule is FC(F)(CC1CCNC1)c1cc[nH]c1. The van der Waals surface area contributed by atoms with Gasteiger partial charge in [-0.2, -0.15) is 0 Å². The Labute approximate surface area is 81.7 Å². The van der Waals surface area contributed by atoms with E-state index in [1.165, 1.54) is 18.5 Å². The molecule has 0 spiro atoms. The maximum atomic E-state index is 13.6. The highest BCUT2D eigenvalue weighted by molar-refractivity contribution is 5.15. The molecule has 1 fully saturated rings. The van der Waals surface area contributed by atoms with Crippen LogP contribution >= 0.6 is 0 Å². The van der Waals surface area contributed by atoms with Crippen LogP contribution in [0, 0.1) is 5.92 Å². The molecule has 1 atom stereocenters. The fraction of sp³-hybridized carbons (Fsp3) is 0.600. The van der Waals surface area contributed by atoms with E-state index in [0.29, 0.717) is 0 Å². The standard InChI is InChI=1S/C10H14F2N2/c11-10(12,9-2-4-14-7-9)5-8-1-3-13-6-8/h2,4,7-8,13-14H,1,3,5-6H2. The third-order valence-electron chi connectivity index (χ3n) is 2.73. The summed E-state index contributed by atoms with van der Waals surface area (Å²) in [6.07, 6.45) is 3.73. The van der Waals surface area contributed by atoms with Crippen LogP contribution < -0.4 is 5.32 Å². The van der Waals surface area contributed by atoms with Crippen LogP contribution in [0.5, 0.6) is 0 Å². The molecule has 2 nitrogen and oxygen atoms in total. The van der Waals surface area contributed by atoms with Crippen LogP contribution in [-0.4, -0.2) is 18.1 Å². The van der Waals surface area contributed by atoms with Gasteiger partial charge >= 0.3 is 0 Å². The maximum Gasteiger partial charge on any atom is 0.275 e. The Morgan fingerprint density at radius 1 is 1.50 bits per heavy atom. The van der Waals surface area contributed by atoms with Crippen molar-refractivity contribution in [2.45, 2.75) is 18.8 Å². The molecule has 0 saturated carbocycles. The molecule has 1 saturated heterocycles. The first-order chi connectivity index (χ1) is 6.68. The highest BCUT2D eigenvalue weighted by Crippen LogP contribution is 2.35. The van der Waals surface area contributed by atoms with Crippen molar-refractivity contribution >= 4 is 0 Å². The van der Waals surface area contributed by atoms with Gasteiger partial charge in [0.2, 0.25) is 0 Å². The summed E-state index contributed by atoms with van der Waals surface area (Å²) in [7, 11) is 0. The van der Waals surface area contributed by atoms with Crippen LogP contribution in [0.15, 0.2) is 18.5 Å². The molecular weight excluding hydrogens is 186 g/mol. The number of H-pyrrole nitrogens is 1. The van der Waals surface area contributed by atoms with Gasteiger partial charge in [-0.05, 0) is 31.5 Å². The van der Waals surface area contributed by atoms with Gasteiger partial charge in [-0.1, -0.05) is 0 Å². The monoisotopic (exact) mass is 200 g/mol. The summed E-state index contributed by atoms with van der Waals surface area (Å²) in [6.45, 7) is 1.59. The van der Waals surface area contributed by atoms with Crippen molar-refractivity contribution in [1.82, 2.24) is 10.3 Å². The predicted molar refractivity (Wildman–Crippen MR) is 50.3 cm³/mol. The van der Waals surface area contributed by atoms with Gasteiger partial charge in [-0.3, -0.25) is 0 Å². The van der Waals surface area contributed by atoms with Crippen LogP contribution in [0.2, 0.25) is 0 Å². The summed E-state index contributed by atoms with van der Waals surface area (Å²) >= 11 is 0. The fourth-order valence-electron chi connectivity index (χ4n) is 1.92. The molecule has 14 heavy (non-hydrogen) atoms. The highest BCUT2D eigenvalue weighted by atomic mass is 19.3. The molecule has 0 radical (unpaired) electrons. The van der Waals surface area contributed by atoms with E-state index in [-0.39, 0.29) is 17.9 Å². The number of aromatic nitrogens is 1. The van der Waals surface area contributed by atoms with E-state index in [0.717, 1.165) is 19.5 Å². The highest BCUT2D eigenvalue weighted by Gasteiger charge is 2.35. The molecule has 2 heterocycles. The topological polar surface area (TPSA) is 27.8 Å². The molecule has 1 aliphatic heterocycles. The van der Waals surface area contributed by atoms with Gasteiger partial charge < -0.3 is 10.3 Å². The van der Waals surface area contributed by atoms with Gasteiger partial charge in [-0.25, -0.2) is 8.78 Å². The Morgan fingerprint density at radius 2 is 2.36 bits per heavy atom. The van der Waals surface area contributed by atoms with Crippen LogP contribution in [0.25, 0.3) is 0 Å². The second-order valence-electron chi connectivity index (χ2n) is 3.87. The van der Waals surface area contributed by atoms with Gasteiger partial charge in [0.15, 0.2) is 0 Å². The molecule has 0 bridgehead atoms. The van der Waals surface area contributed by atoms with Crippen molar-refractivity contribution in [2.75, 3.05) is 13.1 Å². The smallest absolute Gasteiger partial charge is 0.275 e. The van der Waals surface area contributed by atoms with E-state index in [1.54, 1.807) is 0 Å². The molecule has 1 aliphatic rings. The summed E-state index contributed by atoms with van der Waals surface area (Å²) in [6, 6.07) is 1.45. The third kappa shape index (κ3) is 1.95. The predicted octanol–water partition coefficient (Wildman–Crippen LogP) is 2.11. The summed E-state index contributed by atoms with van der Waals surface area (Å²) < 4.78 is 27.2. The first kappa shape index (κ1) is 9.65. The van der Waals surface area contributed by atoms with Crippen LogP contribution in [0.4, 0.5) is 8.78 Å². The lowest BCUT2D eigenvalue weighted by atomic mass is 9.97. The Bertz CT molecular complexity index is 276. The van der Waals surface area contributed by atoms with Crippen LogP contribution in [0.1, 0.15) is 18.4 Å². The number of hydrogen-bond donors (Lipinski definition) is 2. The Morgan fingerprint density at radius 3 is 2.93 bits per heavy atom. The van der Waals surface area contributed by atoms with Gasteiger partial charge in [0, 0.05) is 24.4 Å². The van der Waals surface area contributed by atoms with Crippen molar-refractivity contribution in [1.29, 1.82) is 0 Å². The first-order valence-corrected chi connectivity index (χ1v) is 4.90. The van der Waals surface area contributed by atoms with Crippen LogP contribution in [0.3, 0.4) is 0 Å². The van der Waals surface area contributed by atoms with E-state index < -0.39 is 5.92 Å². The van der Waals surface area contributed by atoms with E-state index in [4.69, 9.17) is 0 Å². The maximum absolute atomic E-state index is 13.6. The number of alkyl halides is 2. The molecule has 0 aliphatic carbocycles. The molecule has 4 heteroatoms. The Hall–Kier alpha value is -0.900. The number of aromatic amines is 1. The summed E-state index contributed by atoms with van der Waals surface area (Å²) in [4.78, 5) is 2.67. The Balaban J connectivity index is 2.01. The zero-order valence-electron chi connectivity index (χ0n) is 7.89. The normalized spacial score (nSPS) is 22.9. The molecule has 1 aromatic heterocycles. The van der Waals surface area contributed by atoms with E-state index in [1.807, 2.05) is 0 Å². The minimum atomic E-state index is -2.68. The first-order valence-electron chi connectivity index (χ1n) is 4.90. The van der Waals surface area contributed by atoms with Crippen molar-refractivity contribution in [3.8, 4) is 0 Å². The molecule has 78 valence electrons. The molecule has 2 N–H and O–H groups in total. The fourth-order valence-corrected chi connectivity index (χ4v) is 1.92. The Kier molecular flexibility index (Phi) is 2.54. The molecule has 1 aromatic rings. The van der Waals surface area contributed by atoms with Crippen molar-refractivity contribution in [2.24, 2.45) is 5.92 Å². The molecule has 0 amide bonds. The van der Waals surface area contributed by atoms with Crippen molar-refractivity contribution in [3.63, 3.8) is 0 Å². The van der Waals surface area contributed by atoms with Gasteiger partial charge in [-0.15, -0.1) is 0 Å². The largest absolute Gasteiger partial charge is 0.367 e. The number of nitrogens with one attached hydrogen (secondary N) is 2. The van der Waals surface area contributed by atoms with E-state index >= 15 is 0 Å². The summed E-state index contributed by atoms with van der Waals surface area (Å²) in [5, 5.41) is 3.10. The van der Waals surface area contributed by atoms with Crippen molar-refractivity contribution in [3.05, 3.63) is 24.0 Å². The van der Waals surface area contributed by atoms with Gasteiger partial charge in [0.1, 0.15) is 0 Å². The average Bonchev–Trinajstić information content (AvgIpc) is 2.71. The second-order valence-corrected chi connectivity index (χ2v) is 3.87. The van der Waals surface area contributed by atoms with Gasteiger partial charge in [0.05, 0.1) is 0 Å². The minimum absolute atomic E-state index is 0.0438. The lowest BCUT2D eigenvalue weighted by molar-refractivity contribution is -0.0266. The summed E-state index contributed by atoms with van der Waals surface area (Å²) in [5.41, 5.74) is 0.101. The zero-order valence-corrected chi connectivity index (χ0v) is 7.89. The van der Waals surface area contributed by atoms with Crippen LogP contribution in [-0.2, 0) is 5.92 Å². The average molecular weight is 200 g/mol.